The SMILES string of the molecule is Fc1cccc2c1CCC2NCCC1CC1. The second-order valence-electron chi connectivity index (χ2n) is 5.09. The molecule has 86 valence electrons. The molecule has 0 aliphatic heterocycles. The fraction of sp³-hybridized carbons (Fsp3) is 0.571. The van der Waals surface area contributed by atoms with Crippen LogP contribution >= 0.6 is 0 Å². The lowest BCUT2D eigenvalue weighted by molar-refractivity contribution is 0.507. The fourth-order valence-corrected chi connectivity index (χ4v) is 2.69. The Morgan fingerprint density at radius 3 is 2.94 bits per heavy atom. The molecule has 0 bridgehead atoms. The number of rotatable bonds is 4. The number of halogens is 1. The average molecular weight is 219 g/mol. The van der Waals surface area contributed by atoms with Gasteiger partial charge in [-0.3, -0.25) is 0 Å². The van der Waals surface area contributed by atoms with Gasteiger partial charge in [-0.25, -0.2) is 4.39 Å². The highest BCUT2D eigenvalue weighted by Crippen LogP contribution is 2.34. The number of fused-ring (bicyclic) bond motifs is 1. The van der Waals surface area contributed by atoms with Gasteiger partial charge in [-0.15, -0.1) is 0 Å². The van der Waals surface area contributed by atoms with Gasteiger partial charge in [0, 0.05) is 6.04 Å². The van der Waals surface area contributed by atoms with E-state index in [-0.39, 0.29) is 5.82 Å². The first-order chi connectivity index (χ1) is 7.84. The third-order valence-corrected chi connectivity index (χ3v) is 3.85. The highest BCUT2D eigenvalue weighted by atomic mass is 19.1. The maximum Gasteiger partial charge on any atom is 0.126 e. The molecule has 1 N–H and O–H groups in total. The molecule has 1 unspecified atom stereocenters. The predicted octanol–water partition coefficient (Wildman–Crippen LogP) is 3.20. The summed E-state index contributed by atoms with van der Waals surface area (Å²) in [6.45, 7) is 1.09. The van der Waals surface area contributed by atoms with E-state index >= 15 is 0 Å². The molecule has 0 radical (unpaired) electrons. The Hall–Kier alpha value is -0.890. The van der Waals surface area contributed by atoms with Crippen molar-refractivity contribution in [3.05, 3.63) is 35.1 Å². The average Bonchev–Trinajstić information content (AvgIpc) is 3.00. The van der Waals surface area contributed by atoms with Crippen molar-refractivity contribution in [2.75, 3.05) is 6.54 Å². The minimum Gasteiger partial charge on any atom is -0.310 e. The summed E-state index contributed by atoms with van der Waals surface area (Å²) in [6.07, 6.45) is 6.07. The first kappa shape index (κ1) is 10.3. The van der Waals surface area contributed by atoms with Crippen LogP contribution in [0.1, 0.15) is 42.9 Å². The van der Waals surface area contributed by atoms with E-state index in [4.69, 9.17) is 0 Å². The molecular formula is C14H18FN. The van der Waals surface area contributed by atoms with Crippen LogP contribution in [0.4, 0.5) is 4.39 Å². The van der Waals surface area contributed by atoms with Crippen molar-refractivity contribution >= 4 is 0 Å². The summed E-state index contributed by atoms with van der Waals surface area (Å²) in [6, 6.07) is 5.87. The molecular weight excluding hydrogens is 201 g/mol. The highest BCUT2D eigenvalue weighted by molar-refractivity contribution is 5.35. The van der Waals surface area contributed by atoms with E-state index in [2.05, 4.69) is 11.4 Å². The lowest BCUT2D eigenvalue weighted by Crippen LogP contribution is -2.20. The molecule has 3 rings (SSSR count). The van der Waals surface area contributed by atoms with Gasteiger partial charge >= 0.3 is 0 Å². The van der Waals surface area contributed by atoms with E-state index in [1.54, 1.807) is 6.07 Å². The van der Waals surface area contributed by atoms with Crippen molar-refractivity contribution in [1.82, 2.24) is 5.32 Å². The molecule has 16 heavy (non-hydrogen) atoms. The van der Waals surface area contributed by atoms with Gasteiger partial charge < -0.3 is 5.32 Å². The quantitative estimate of drug-likeness (QED) is 0.820. The van der Waals surface area contributed by atoms with E-state index in [1.165, 1.54) is 24.8 Å². The van der Waals surface area contributed by atoms with Crippen LogP contribution in [-0.4, -0.2) is 6.54 Å². The molecule has 0 heterocycles. The third kappa shape index (κ3) is 1.99. The van der Waals surface area contributed by atoms with E-state index in [1.807, 2.05) is 6.07 Å². The molecule has 0 spiro atoms. The Labute approximate surface area is 96.1 Å². The van der Waals surface area contributed by atoms with Gasteiger partial charge in [-0.1, -0.05) is 25.0 Å². The van der Waals surface area contributed by atoms with Crippen molar-refractivity contribution in [3.63, 3.8) is 0 Å². The van der Waals surface area contributed by atoms with Crippen LogP contribution < -0.4 is 5.32 Å². The van der Waals surface area contributed by atoms with Crippen molar-refractivity contribution < 1.29 is 4.39 Å². The largest absolute Gasteiger partial charge is 0.310 e. The van der Waals surface area contributed by atoms with E-state index in [0.29, 0.717) is 6.04 Å². The van der Waals surface area contributed by atoms with Gasteiger partial charge in [-0.05, 0) is 48.9 Å². The first-order valence-electron chi connectivity index (χ1n) is 6.35. The molecule has 1 aromatic carbocycles. The summed E-state index contributed by atoms with van der Waals surface area (Å²) in [7, 11) is 0. The fourth-order valence-electron chi connectivity index (χ4n) is 2.69. The Morgan fingerprint density at radius 1 is 1.25 bits per heavy atom. The number of hydrogen-bond donors (Lipinski definition) is 1. The predicted molar refractivity (Wildman–Crippen MR) is 62.8 cm³/mol. The molecule has 0 aromatic heterocycles. The Bertz CT molecular complexity index is 384. The zero-order valence-corrected chi connectivity index (χ0v) is 9.51. The van der Waals surface area contributed by atoms with Crippen molar-refractivity contribution in [2.24, 2.45) is 5.92 Å². The summed E-state index contributed by atoms with van der Waals surface area (Å²) >= 11 is 0. The maximum absolute atomic E-state index is 13.5. The van der Waals surface area contributed by atoms with Gasteiger partial charge in [0.15, 0.2) is 0 Å². The van der Waals surface area contributed by atoms with Crippen LogP contribution in [0.5, 0.6) is 0 Å². The molecule has 1 saturated carbocycles. The smallest absolute Gasteiger partial charge is 0.126 e. The summed E-state index contributed by atoms with van der Waals surface area (Å²) in [5.41, 5.74) is 2.13. The summed E-state index contributed by atoms with van der Waals surface area (Å²) in [4.78, 5) is 0. The van der Waals surface area contributed by atoms with Crippen molar-refractivity contribution in [1.29, 1.82) is 0 Å². The zero-order valence-electron chi connectivity index (χ0n) is 9.51. The lowest BCUT2D eigenvalue weighted by Gasteiger charge is -2.13. The maximum atomic E-state index is 13.5. The molecule has 1 fully saturated rings. The van der Waals surface area contributed by atoms with E-state index < -0.39 is 0 Å². The molecule has 1 atom stereocenters. The van der Waals surface area contributed by atoms with Crippen LogP contribution in [0.2, 0.25) is 0 Å². The summed E-state index contributed by atoms with van der Waals surface area (Å²) in [5.74, 6) is 0.949. The van der Waals surface area contributed by atoms with E-state index in [0.717, 1.165) is 30.9 Å². The topological polar surface area (TPSA) is 12.0 Å². The molecule has 1 nitrogen and oxygen atoms in total. The molecule has 0 amide bonds. The third-order valence-electron chi connectivity index (χ3n) is 3.85. The van der Waals surface area contributed by atoms with Crippen LogP contribution in [0.3, 0.4) is 0 Å². The highest BCUT2D eigenvalue weighted by Gasteiger charge is 2.25. The van der Waals surface area contributed by atoms with Crippen LogP contribution in [-0.2, 0) is 6.42 Å². The normalized spacial score (nSPS) is 23.4. The van der Waals surface area contributed by atoms with Gasteiger partial charge in [-0.2, -0.15) is 0 Å². The van der Waals surface area contributed by atoms with Gasteiger partial charge in [0.1, 0.15) is 5.82 Å². The van der Waals surface area contributed by atoms with E-state index in [9.17, 15) is 4.39 Å². The Morgan fingerprint density at radius 2 is 2.12 bits per heavy atom. The molecule has 2 aliphatic rings. The molecule has 2 aliphatic carbocycles. The van der Waals surface area contributed by atoms with Gasteiger partial charge in [0.05, 0.1) is 0 Å². The molecule has 2 heteroatoms. The molecule has 1 aromatic rings. The first-order valence-corrected chi connectivity index (χ1v) is 6.35. The van der Waals surface area contributed by atoms with Crippen molar-refractivity contribution in [2.45, 2.75) is 38.1 Å². The Balaban J connectivity index is 1.63. The summed E-state index contributed by atoms with van der Waals surface area (Å²) in [5, 5.41) is 3.57. The standard InChI is InChI=1S/C14H18FN/c15-13-3-1-2-12-11(13)6-7-14(12)16-9-8-10-4-5-10/h1-3,10,14,16H,4-9H2. The lowest BCUT2D eigenvalue weighted by atomic mass is 10.1. The number of benzene rings is 1. The van der Waals surface area contributed by atoms with Gasteiger partial charge in [0.2, 0.25) is 0 Å². The Kier molecular flexibility index (Phi) is 2.68. The molecule has 0 saturated heterocycles. The van der Waals surface area contributed by atoms with Crippen LogP contribution in [0.25, 0.3) is 0 Å². The number of hydrogen-bond acceptors (Lipinski definition) is 1. The summed E-state index contributed by atoms with van der Waals surface area (Å²) < 4.78 is 13.5. The van der Waals surface area contributed by atoms with Crippen molar-refractivity contribution in [3.8, 4) is 0 Å². The monoisotopic (exact) mass is 219 g/mol. The second-order valence-corrected chi connectivity index (χ2v) is 5.09. The minimum absolute atomic E-state index is 0.0241. The second kappa shape index (κ2) is 4.17. The number of nitrogens with one attached hydrogen (secondary N) is 1. The van der Waals surface area contributed by atoms with Gasteiger partial charge in [0.25, 0.3) is 0 Å². The van der Waals surface area contributed by atoms with Crippen LogP contribution in [0, 0.1) is 11.7 Å². The minimum atomic E-state index is -0.0241. The zero-order chi connectivity index (χ0) is 11.0. The van der Waals surface area contributed by atoms with Crippen LogP contribution in [0.15, 0.2) is 18.2 Å².